The molecule has 0 spiro atoms. The number of halogens is 1. The fraction of sp³-hybridized carbons (Fsp3) is 0. The van der Waals surface area contributed by atoms with E-state index in [9.17, 15) is 14.7 Å². The van der Waals surface area contributed by atoms with Gasteiger partial charge in [-0.3, -0.25) is 4.79 Å². The predicted molar refractivity (Wildman–Crippen MR) is 101 cm³/mol. The van der Waals surface area contributed by atoms with Crippen LogP contribution in [0, 0.1) is 0 Å². The molecular formula is C20H11ClO4S. The van der Waals surface area contributed by atoms with Gasteiger partial charge in [-0.05, 0) is 48.5 Å². The minimum Gasteiger partial charge on any atom is -0.478 e. The molecule has 1 aromatic heterocycles. The summed E-state index contributed by atoms with van der Waals surface area (Å²) in [5.74, 6) is -0.0980. The summed E-state index contributed by atoms with van der Waals surface area (Å²) in [6, 6.07) is 15.6. The maximum Gasteiger partial charge on any atom is 0.337 e. The van der Waals surface area contributed by atoms with Crippen molar-refractivity contribution >= 4 is 41.2 Å². The molecule has 26 heavy (non-hydrogen) atoms. The Morgan fingerprint density at radius 2 is 1.92 bits per heavy atom. The van der Waals surface area contributed by atoms with E-state index in [1.54, 1.807) is 30.3 Å². The van der Waals surface area contributed by atoms with E-state index in [-0.39, 0.29) is 16.4 Å². The van der Waals surface area contributed by atoms with Gasteiger partial charge in [-0.1, -0.05) is 35.5 Å². The van der Waals surface area contributed by atoms with Crippen molar-refractivity contribution < 1.29 is 19.1 Å². The third kappa shape index (κ3) is 2.96. The number of carbonyl (C=O) groups excluding carboxylic acids is 1. The third-order valence-electron chi connectivity index (χ3n) is 3.96. The van der Waals surface area contributed by atoms with Crippen molar-refractivity contribution in [1.82, 2.24) is 0 Å². The van der Waals surface area contributed by atoms with E-state index in [4.69, 9.17) is 16.0 Å². The highest BCUT2D eigenvalue weighted by Crippen LogP contribution is 2.41. The number of furan rings is 1. The van der Waals surface area contributed by atoms with Crippen LogP contribution >= 0.6 is 23.4 Å². The Bertz CT molecular complexity index is 1080. The van der Waals surface area contributed by atoms with E-state index >= 15 is 0 Å². The van der Waals surface area contributed by atoms with Crippen LogP contribution in [-0.2, 0) is 0 Å². The Morgan fingerprint density at radius 1 is 1.12 bits per heavy atom. The first-order valence-corrected chi connectivity index (χ1v) is 8.89. The maximum absolute atomic E-state index is 12.4. The van der Waals surface area contributed by atoms with E-state index in [0.29, 0.717) is 27.6 Å². The summed E-state index contributed by atoms with van der Waals surface area (Å²) in [7, 11) is 0. The monoisotopic (exact) mass is 382 g/mol. The van der Waals surface area contributed by atoms with Gasteiger partial charge in [0.1, 0.15) is 11.5 Å². The summed E-state index contributed by atoms with van der Waals surface area (Å²) < 4.78 is 5.78. The average Bonchev–Trinajstić information content (AvgIpc) is 3.21. The first-order chi connectivity index (χ1) is 12.5. The van der Waals surface area contributed by atoms with Gasteiger partial charge in [-0.15, -0.1) is 0 Å². The summed E-state index contributed by atoms with van der Waals surface area (Å²) in [4.78, 5) is 25.2. The highest BCUT2D eigenvalue weighted by molar-refractivity contribution is 8.04. The van der Waals surface area contributed by atoms with Crippen LogP contribution < -0.4 is 0 Å². The van der Waals surface area contributed by atoms with Gasteiger partial charge >= 0.3 is 5.97 Å². The maximum atomic E-state index is 12.4. The molecule has 4 rings (SSSR count). The molecular weight excluding hydrogens is 372 g/mol. The van der Waals surface area contributed by atoms with E-state index < -0.39 is 5.97 Å². The number of allylic oxidation sites excluding steroid dienone is 1. The number of hydrogen-bond acceptors (Lipinski definition) is 4. The number of aromatic carboxylic acids is 1. The normalized spacial score (nSPS) is 14.7. The molecule has 1 N–H and O–H groups in total. The zero-order chi connectivity index (χ0) is 18.3. The first-order valence-electron chi connectivity index (χ1n) is 7.69. The van der Waals surface area contributed by atoms with Crippen LogP contribution in [0.2, 0.25) is 5.02 Å². The van der Waals surface area contributed by atoms with Crippen LogP contribution in [0.25, 0.3) is 17.4 Å². The van der Waals surface area contributed by atoms with Crippen LogP contribution in [0.4, 0.5) is 0 Å². The number of ketones is 1. The smallest absolute Gasteiger partial charge is 0.337 e. The van der Waals surface area contributed by atoms with Crippen molar-refractivity contribution in [1.29, 1.82) is 0 Å². The van der Waals surface area contributed by atoms with Crippen molar-refractivity contribution in [2.24, 2.45) is 0 Å². The molecule has 4 nitrogen and oxygen atoms in total. The second-order valence-corrected chi connectivity index (χ2v) is 7.13. The zero-order valence-electron chi connectivity index (χ0n) is 13.2. The molecule has 0 amide bonds. The van der Waals surface area contributed by atoms with Crippen LogP contribution in [-0.4, -0.2) is 16.9 Å². The molecule has 0 bridgehead atoms. The number of rotatable bonds is 3. The molecule has 1 aliphatic rings. The lowest BCUT2D eigenvalue weighted by molar-refractivity contribution is 0.0697. The largest absolute Gasteiger partial charge is 0.478 e. The number of hydrogen-bond donors (Lipinski definition) is 1. The lowest BCUT2D eigenvalue weighted by atomic mass is 10.1. The fourth-order valence-electron chi connectivity index (χ4n) is 2.69. The third-order valence-corrected chi connectivity index (χ3v) is 5.39. The standard InChI is InChI=1S/C20H11ClO4S/c21-15-7-5-11(9-14(15)20(23)24)16-8-6-12(25-16)10-18-19(22)13-3-1-2-4-17(13)26-18/h1-10H,(H,23,24)/b18-10+. The van der Waals surface area contributed by atoms with Gasteiger partial charge in [0.25, 0.3) is 0 Å². The van der Waals surface area contributed by atoms with E-state index in [1.165, 1.54) is 23.9 Å². The molecule has 128 valence electrons. The minimum absolute atomic E-state index is 0.0115. The molecule has 0 saturated heterocycles. The molecule has 0 unspecified atom stereocenters. The number of carboxylic acids is 1. The van der Waals surface area contributed by atoms with Crippen LogP contribution in [0.5, 0.6) is 0 Å². The van der Waals surface area contributed by atoms with Crippen molar-refractivity contribution in [3.63, 3.8) is 0 Å². The highest BCUT2D eigenvalue weighted by Gasteiger charge is 2.25. The van der Waals surface area contributed by atoms with Crippen LogP contribution in [0.3, 0.4) is 0 Å². The van der Waals surface area contributed by atoms with Crippen LogP contribution in [0.15, 0.2) is 68.8 Å². The summed E-state index contributed by atoms with van der Waals surface area (Å²) >= 11 is 7.31. The SMILES string of the molecule is O=C(O)c1cc(-c2ccc(/C=C3/Sc4ccccc4C3=O)o2)ccc1Cl. The molecule has 2 heterocycles. The molecule has 3 aromatic rings. The second-order valence-electron chi connectivity index (χ2n) is 5.64. The second kappa shape index (κ2) is 6.52. The van der Waals surface area contributed by atoms with Gasteiger partial charge in [0.05, 0.1) is 15.5 Å². The topological polar surface area (TPSA) is 67.5 Å². The lowest BCUT2D eigenvalue weighted by Crippen LogP contribution is -1.97. The lowest BCUT2D eigenvalue weighted by Gasteiger charge is -2.02. The van der Waals surface area contributed by atoms with Crippen molar-refractivity contribution in [2.45, 2.75) is 4.90 Å². The Balaban J connectivity index is 1.65. The number of carbonyl (C=O) groups is 2. The molecule has 0 saturated carbocycles. The van der Waals surface area contributed by atoms with E-state index in [0.717, 1.165) is 4.90 Å². The average molecular weight is 383 g/mol. The minimum atomic E-state index is -1.10. The Hall–Kier alpha value is -2.76. The Morgan fingerprint density at radius 3 is 2.69 bits per heavy atom. The van der Waals surface area contributed by atoms with Gasteiger partial charge in [0.2, 0.25) is 5.78 Å². The van der Waals surface area contributed by atoms with Gasteiger partial charge in [-0.2, -0.15) is 0 Å². The van der Waals surface area contributed by atoms with E-state index in [1.807, 2.05) is 18.2 Å². The number of Topliss-reactive ketones (excluding diaryl/α,β-unsaturated/α-hetero) is 1. The van der Waals surface area contributed by atoms with Crippen LogP contribution in [0.1, 0.15) is 26.5 Å². The molecule has 6 heteroatoms. The summed E-state index contributed by atoms with van der Waals surface area (Å²) in [6.45, 7) is 0. The molecule has 0 aliphatic carbocycles. The Labute approximate surface area is 158 Å². The molecule has 1 aliphatic heterocycles. The Kier molecular flexibility index (Phi) is 4.18. The predicted octanol–water partition coefficient (Wildman–Crippen LogP) is 5.63. The molecule has 0 atom stereocenters. The number of carboxylic acid groups (broad SMARTS) is 1. The van der Waals surface area contributed by atoms with Crippen molar-refractivity contribution in [3.05, 3.63) is 81.4 Å². The van der Waals surface area contributed by atoms with Gasteiger partial charge in [0, 0.05) is 16.0 Å². The van der Waals surface area contributed by atoms with Crippen molar-refractivity contribution in [2.75, 3.05) is 0 Å². The molecule has 2 aromatic carbocycles. The summed E-state index contributed by atoms with van der Waals surface area (Å²) in [5, 5.41) is 9.35. The summed E-state index contributed by atoms with van der Waals surface area (Å²) in [6.07, 6.45) is 1.70. The van der Waals surface area contributed by atoms with Gasteiger partial charge < -0.3 is 9.52 Å². The highest BCUT2D eigenvalue weighted by atomic mass is 35.5. The zero-order valence-corrected chi connectivity index (χ0v) is 14.8. The summed E-state index contributed by atoms with van der Waals surface area (Å²) in [5.41, 5.74) is 1.31. The molecule has 0 fully saturated rings. The first kappa shape index (κ1) is 16.7. The number of benzene rings is 2. The quantitative estimate of drug-likeness (QED) is 0.595. The van der Waals surface area contributed by atoms with Crippen molar-refractivity contribution in [3.8, 4) is 11.3 Å². The number of thioether (sulfide) groups is 1. The van der Waals surface area contributed by atoms with Gasteiger partial charge in [0.15, 0.2) is 0 Å². The number of fused-ring (bicyclic) bond motifs is 1. The van der Waals surface area contributed by atoms with Gasteiger partial charge in [-0.25, -0.2) is 4.79 Å². The fourth-order valence-corrected chi connectivity index (χ4v) is 3.92. The van der Waals surface area contributed by atoms with E-state index in [2.05, 4.69) is 0 Å². The molecule has 0 radical (unpaired) electrons.